The number of nitro groups is 1. The van der Waals surface area contributed by atoms with E-state index in [2.05, 4.69) is 0 Å². The van der Waals surface area contributed by atoms with Crippen LogP contribution in [-0.2, 0) is 6.54 Å². The minimum atomic E-state index is -0.437. The number of benzene rings is 2. The Morgan fingerprint density at radius 3 is 2.70 bits per heavy atom. The fourth-order valence-electron chi connectivity index (χ4n) is 1.84. The summed E-state index contributed by atoms with van der Waals surface area (Å²) in [6.07, 6.45) is 0. The Morgan fingerprint density at radius 1 is 1.30 bits per heavy atom. The lowest BCUT2D eigenvalue weighted by atomic mass is 10.1. The van der Waals surface area contributed by atoms with E-state index in [4.69, 9.17) is 22.1 Å². The van der Waals surface area contributed by atoms with Crippen molar-refractivity contribution in [1.29, 1.82) is 0 Å². The molecule has 5 nitrogen and oxygen atoms in total. The molecule has 2 aromatic rings. The van der Waals surface area contributed by atoms with Crippen molar-refractivity contribution in [2.75, 3.05) is 0 Å². The predicted octanol–water partition coefficient (Wildman–Crippen LogP) is 3.81. The summed E-state index contributed by atoms with van der Waals surface area (Å²) < 4.78 is 5.73. The second-order valence-electron chi connectivity index (χ2n) is 4.22. The molecule has 2 aromatic carbocycles. The third kappa shape index (κ3) is 2.89. The minimum absolute atomic E-state index is 0.0192. The summed E-state index contributed by atoms with van der Waals surface area (Å²) in [6.45, 7) is 1.91. The lowest BCUT2D eigenvalue weighted by Crippen LogP contribution is -2.00. The Balaban J connectivity index is 2.40. The molecule has 0 fully saturated rings. The van der Waals surface area contributed by atoms with Gasteiger partial charge in [0.25, 0.3) is 5.69 Å². The van der Waals surface area contributed by atoms with Crippen LogP contribution in [0.3, 0.4) is 0 Å². The van der Waals surface area contributed by atoms with Crippen LogP contribution in [0.25, 0.3) is 0 Å². The highest BCUT2D eigenvalue weighted by atomic mass is 35.5. The van der Waals surface area contributed by atoms with Gasteiger partial charge in [-0.1, -0.05) is 17.7 Å². The summed E-state index contributed by atoms with van der Waals surface area (Å²) in [5, 5.41) is 11.5. The van der Waals surface area contributed by atoms with E-state index in [0.717, 1.165) is 5.56 Å². The normalized spacial score (nSPS) is 10.3. The molecule has 0 unspecified atom stereocenters. The predicted molar refractivity (Wildman–Crippen MR) is 77.3 cm³/mol. The van der Waals surface area contributed by atoms with E-state index in [-0.39, 0.29) is 12.2 Å². The van der Waals surface area contributed by atoms with Gasteiger partial charge in [-0.15, -0.1) is 0 Å². The van der Waals surface area contributed by atoms with Crippen LogP contribution in [0.15, 0.2) is 36.4 Å². The third-order valence-electron chi connectivity index (χ3n) is 2.91. The van der Waals surface area contributed by atoms with Gasteiger partial charge in [0, 0.05) is 23.2 Å². The molecule has 0 radical (unpaired) electrons. The van der Waals surface area contributed by atoms with E-state index in [1.54, 1.807) is 37.3 Å². The van der Waals surface area contributed by atoms with Crippen LogP contribution in [0.4, 0.5) is 5.69 Å². The van der Waals surface area contributed by atoms with Gasteiger partial charge in [0.05, 0.1) is 10.5 Å². The number of nitrogens with two attached hydrogens (primary N) is 1. The summed E-state index contributed by atoms with van der Waals surface area (Å²) in [5.41, 5.74) is 6.87. The molecule has 0 heterocycles. The van der Waals surface area contributed by atoms with Crippen molar-refractivity contribution in [3.8, 4) is 11.5 Å². The fraction of sp³-hybridized carbons (Fsp3) is 0.143. The highest BCUT2D eigenvalue weighted by molar-refractivity contribution is 6.30. The average Bonchev–Trinajstić information content (AvgIpc) is 2.42. The van der Waals surface area contributed by atoms with Gasteiger partial charge >= 0.3 is 0 Å². The molecule has 0 aromatic heterocycles. The Kier molecular flexibility index (Phi) is 4.22. The number of halogens is 1. The molecule has 0 atom stereocenters. The van der Waals surface area contributed by atoms with Crippen molar-refractivity contribution in [3.05, 3.63) is 62.7 Å². The van der Waals surface area contributed by atoms with Crippen molar-refractivity contribution >= 4 is 17.3 Å². The first-order chi connectivity index (χ1) is 9.52. The van der Waals surface area contributed by atoms with Gasteiger partial charge in [-0.3, -0.25) is 10.1 Å². The molecule has 0 aliphatic heterocycles. The highest BCUT2D eigenvalue weighted by Crippen LogP contribution is 2.33. The average molecular weight is 293 g/mol. The van der Waals surface area contributed by atoms with E-state index < -0.39 is 4.92 Å². The standard InChI is InChI=1S/C14H13ClN2O3/c1-9-12(17(18)19)3-2-4-13(9)20-14-6-5-11(15)7-10(14)8-16/h2-7H,8,16H2,1H3. The van der Waals surface area contributed by atoms with Gasteiger partial charge in [-0.25, -0.2) is 0 Å². The quantitative estimate of drug-likeness (QED) is 0.686. The van der Waals surface area contributed by atoms with Crippen molar-refractivity contribution in [2.24, 2.45) is 5.73 Å². The van der Waals surface area contributed by atoms with Gasteiger partial charge in [-0.05, 0) is 31.2 Å². The fourth-order valence-corrected chi connectivity index (χ4v) is 2.03. The van der Waals surface area contributed by atoms with Crippen molar-refractivity contribution in [1.82, 2.24) is 0 Å². The van der Waals surface area contributed by atoms with Crippen LogP contribution in [0.2, 0.25) is 5.02 Å². The first-order valence-electron chi connectivity index (χ1n) is 5.93. The van der Waals surface area contributed by atoms with E-state index >= 15 is 0 Å². The van der Waals surface area contributed by atoms with Crippen molar-refractivity contribution in [2.45, 2.75) is 13.5 Å². The summed E-state index contributed by atoms with van der Waals surface area (Å²) in [7, 11) is 0. The second kappa shape index (κ2) is 5.90. The number of nitrogens with zero attached hydrogens (tertiary/aromatic N) is 1. The number of nitro benzene ring substituents is 1. The zero-order valence-electron chi connectivity index (χ0n) is 10.8. The maximum Gasteiger partial charge on any atom is 0.276 e. The molecule has 104 valence electrons. The Hall–Kier alpha value is -2.11. The number of hydrogen-bond donors (Lipinski definition) is 1. The van der Waals surface area contributed by atoms with Gasteiger partial charge in [0.1, 0.15) is 11.5 Å². The monoisotopic (exact) mass is 292 g/mol. The van der Waals surface area contributed by atoms with Crippen LogP contribution in [0, 0.1) is 17.0 Å². The molecule has 6 heteroatoms. The Labute approximate surface area is 121 Å². The van der Waals surface area contributed by atoms with Crippen LogP contribution in [0.1, 0.15) is 11.1 Å². The molecule has 0 amide bonds. The summed E-state index contributed by atoms with van der Waals surface area (Å²) >= 11 is 5.90. The molecule has 0 aliphatic carbocycles. The smallest absolute Gasteiger partial charge is 0.276 e. The van der Waals surface area contributed by atoms with Gasteiger partial charge in [0.15, 0.2) is 0 Å². The number of rotatable bonds is 4. The summed E-state index contributed by atoms with van der Waals surface area (Å²) in [6, 6.07) is 9.79. The van der Waals surface area contributed by atoms with Gasteiger partial charge in [0.2, 0.25) is 0 Å². The molecule has 0 saturated carbocycles. The van der Waals surface area contributed by atoms with Crippen LogP contribution >= 0.6 is 11.6 Å². The number of ether oxygens (including phenoxy) is 1. The highest BCUT2D eigenvalue weighted by Gasteiger charge is 2.15. The molecular weight excluding hydrogens is 280 g/mol. The van der Waals surface area contributed by atoms with E-state index in [0.29, 0.717) is 22.1 Å². The molecule has 0 spiro atoms. The molecule has 2 N–H and O–H groups in total. The molecule has 0 saturated heterocycles. The van der Waals surface area contributed by atoms with Crippen LogP contribution in [0.5, 0.6) is 11.5 Å². The first kappa shape index (κ1) is 14.3. The summed E-state index contributed by atoms with van der Waals surface area (Å²) in [5.74, 6) is 0.969. The SMILES string of the molecule is Cc1c(Oc2ccc(Cl)cc2CN)cccc1[N+](=O)[O-]. The largest absolute Gasteiger partial charge is 0.456 e. The Morgan fingerprint density at radius 2 is 2.05 bits per heavy atom. The maximum atomic E-state index is 10.9. The summed E-state index contributed by atoms with van der Waals surface area (Å²) in [4.78, 5) is 10.5. The van der Waals surface area contributed by atoms with Crippen LogP contribution in [-0.4, -0.2) is 4.92 Å². The third-order valence-corrected chi connectivity index (χ3v) is 3.15. The van der Waals surface area contributed by atoms with E-state index in [9.17, 15) is 10.1 Å². The van der Waals surface area contributed by atoms with Gasteiger partial charge < -0.3 is 10.5 Å². The topological polar surface area (TPSA) is 78.4 Å². The molecule has 0 bridgehead atoms. The van der Waals surface area contributed by atoms with E-state index in [1.807, 2.05) is 0 Å². The zero-order chi connectivity index (χ0) is 14.7. The Bertz CT molecular complexity index is 659. The first-order valence-corrected chi connectivity index (χ1v) is 6.31. The molecular formula is C14H13ClN2O3. The van der Waals surface area contributed by atoms with E-state index in [1.165, 1.54) is 6.07 Å². The lowest BCUT2D eigenvalue weighted by molar-refractivity contribution is -0.385. The molecule has 20 heavy (non-hydrogen) atoms. The molecule has 0 aliphatic rings. The zero-order valence-corrected chi connectivity index (χ0v) is 11.6. The maximum absolute atomic E-state index is 10.9. The van der Waals surface area contributed by atoms with Crippen molar-refractivity contribution in [3.63, 3.8) is 0 Å². The van der Waals surface area contributed by atoms with Gasteiger partial charge in [-0.2, -0.15) is 0 Å². The number of hydrogen-bond acceptors (Lipinski definition) is 4. The minimum Gasteiger partial charge on any atom is -0.456 e. The lowest BCUT2D eigenvalue weighted by Gasteiger charge is -2.12. The van der Waals surface area contributed by atoms with Crippen LogP contribution < -0.4 is 10.5 Å². The second-order valence-corrected chi connectivity index (χ2v) is 4.65. The van der Waals surface area contributed by atoms with Crippen molar-refractivity contribution < 1.29 is 9.66 Å². The molecule has 2 rings (SSSR count).